The van der Waals surface area contributed by atoms with Gasteiger partial charge < -0.3 is 43.1 Å². The van der Waals surface area contributed by atoms with Crippen molar-refractivity contribution in [2.75, 3.05) is 80.5 Å². The molecule has 21 nitrogen and oxygen atoms in total. The zero-order chi connectivity index (χ0) is 72.3. The van der Waals surface area contributed by atoms with Crippen LogP contribution in [-0.4, -0.2) is 93.8 Å². The summed E-state index contributed by atoms with van der Waals surface area (Å²) in [6.07, 6.45) is -4.55. The zero-order valence-electron chi connectivity index (χ0n) is 58.0. The number of halogens is 3. The molecule has 24 heteroatoms. The van der Waals surface area contributed by atoms with E-state index in [1.165, 1.54) is 50.6 Å². The summed E-state index contributed by atoms with van der Waals surface area (Å²) in [7, 11) is 2.49. The number of anilines is 9. The van der Waals surface area contributed by atoms with Crippen molar-refractivity contribution in [3.63, 3.8) is 0 Å². The van der Waals surface area contributed by atoms with Crippen molar-refractivity contribution in [1.82, 2.24) is 0 Å². The Morgan fingerprint density at radius 2 is 0.619 bits per heavy atom. The lowest BCUT2D eigenvalue weighted by molar-refractivity contribution is 0.0621. The van der Waals surface area contributed by atoms with Crippen LogP contribution >= 0.6 is 0 Å². The highest BCUT2D eigenvalue weighted by atomic mass is 19.1. The van der Waals surface area contributed by atoms with Crippen molar-refractivity contribution in [2.24, 2.45) is 0 Å². The van der Waals surface area contributed by atoms with Crippen molar-refractivity contribution in [1.29, 1.82) is 0 Å². The number of benzene rings is 6. The van der Waals surface area contributed by atoms with Crippen LogP contribution in [0.1, 0.15) is 107 Å². The molecule has 0 aliphatic carbocycles. The molecule has 0 fully saturated rings. The maximum absolute atomic E-state index is 13.4. The topological polar surface area (TPSA) is 240 Å². The highest BCUT2D eigenvalue weighted by Crippen LogP contribution is 2.34. The van der Waals surface area contributed by atoms with E-state index in [4.69, 9.17) is 18.9 Å². The second-order valence-corrected chi connectivity index (χ2v) is 25.2. The lowest BCUT2D eigenvalue weighted by Crippen LogP contribution is -2.29. The van der Waals surface area contributed by atoms with Crippen LogP contribution in [-0.2, 0) is 48.1 Å². The molecule has 522 valence electrons. The van der Waals surface area contributed by atoms with Crippen LogP contribution in [0.2, 0.25) is 0 Å². The molecule has 6 N–H and O–H groups in total. The van der Waals surface area contributed by atoms with Crippen LogP contribution in [0.15, 0.2) is 164 Å². The SMILES string of the molecule is C=C(C)CN(Cc1ccc(F)cc1)c1ccc(NC(=O)OC(C)(C)C)c(NC(=O)OC(C)(C)C)c1.C=C(C)CN(Cc1ccc(F)cc1)c1ccc(NC(=O)OC(C)C)c(NC(=O)OC(C)C)c1.C=C(C)CN(Cc1ccc(F)cc1)c1ccc(NC(=O)OC)c(NC(=O)OC)c1. The van der Waals surface area contributed by atoms with Crippen molar-refractivity contribution in [2.45, 2.75) is 133 Å². The molecular weight excluding hydrogens is 1250 g/mol. The molecule has 0 saturated heterocycles. The summed E-state index contributed by atoms with van der Waals surface area (Å²) in [5.41, 5.74) is 8.50. The average Bonchev–Trinajstić information content (AvgIpc) is 0.859. The number of hydrogen-bond acceptors (Lipinski definition) is 15. The minimum atomic E-state index is -0.699. The Morgan fingerprint density at radius 3 is 0.866 bits per heavy atom. The minimum Gasteiger partial charge on any atom is -0.453 e. The number of carbonyl (C=O) groups excluding carboxylic acids is 6. The van der Waals surface area contributed by atoms with Crippen LogP contribution in [0.5, 0.6) is 0 Å². The Bertz CT molecular complexity index is 3670. The third-order valence-electron chi connectivity index (χ3n) is 12.6. The van der Waals surface area contributed by atoms with Gasteiger partial charge in [0.05, 0.1) is 60.6 Å². The van der Waals surface area contributed by atoms with Gasteiger partial charge in [-0.2, -0.15) is 0 Å². The Kier molecular flexibility index (Phi) is 30.4. The van der Waals surface area contributed by atoms with Gasteiger partial charge in [0.15, 0.2) is 0 Å². The zero-order valence-corrected chi connectivity index (χ0v) is 58.0. The first-order chi connectivity index (χ1) is 45.5. The fourth-order valence-electron chi connectivity index (χ4n) is 8.80. The van der Waals surface area contributed by atoms with Crippen LogP contribution in [0.25, 0.3) is 0 Å². The first kappa shape index (κ1) is 78.8. The minimum absolute atomic E-state index is 0.298. The van der Waals surface area contributed by atoms with Gasteiger partial charge in [0, 0.05) is 56.3 Å². The summed E-state index contributed by atoms with van der Waals surface area (Å²) in [6.45, 7) is 38.3. The normalized spacial score (nSPS) is 10.8. The summed E-state index contributed by atoms with van der Waals surface area (Å²) < 4.78 is 70.3. The number of rotatable bonds is 23. The average molecular weight is 1340 g/mol. The molecule has 6 aromatic rings. The quantitative estimate of drug-likeness (QED) is 0.0258. The third kappa shape index (κ3) is 30.1. The molecule has 97 heavy (non-hydrogen) atoms. The molecule has 6 rings (SSSR count). The van der Waals surface area contributed by atoms with Crippen molar-refractivity contribution in [3.8, 4) is 0 Å². The van der Waals surface area contributed by atoms with Crippen molar-refractivity contribution < 1.29 is 70.4 Å². The van der Waals surface area contributed by atoms with Crippen molar-refractivity contribution in [3.05, 3.63) is 198 Å². The highest BCUT2D eigenvalue weighted by Gasteiger charge is 2.23. The molecule has 0 bridgehead atoms. The molecule has 0 radical (unpaired) electrons. The Morgan fingerprint density at radius 1 is 0.381 bits per heavy atom. The van der Waals surface area contributed by atoms with E-state index in [0.29, 0.717) is 73.4 Å². The smallest absolute Gasteiger partial charge is 0.412 e. The maximum Gasteiger partial charge on any atom is 0.412 e. The lowest BCUT2D eigenvalue weighted by Gasteiger charge is -2.27. The van der Waals surface area contributed by atoms with E-state index < -0.39 is 47.8 Å². The van der Waals surface area contributed by atoms with Gasteiger partial charge in [-0.05, 0) is 198 Å². The second-order valence-electron chi connectivity index (χ2n) is 25.2. The molecule has 0 unspecified atom stereocenters. The van der Waals surface area contributed by atoms with E-state index in [2.05, 4.69) is 61.1 Å². The summed E-state index contributed by atoms with van der Waals surface area (Å²) in [4.78, 5) is 78.8. The molecule has 0 aromatic heterocycles. The first-order valence-corrected chi connectivity index (χ1v) is 31.0. The van der Waals surface area contributed by atoms with E-state index in [1.54, 1.807) is 148 Å². The molecule has 0 heterocycles. The van der Waals surface area contributed by atoms with E-state index in [9.17, 15) is 41.9 Å². The first-order valence-electron chi connectivity index (χ1n) is 31.0. The van der Waals surface area contributed by atoms with Gasteiger partial charge in [0.1, 0.15) is 28.7 Å². The molecule has 0 aliphatic heterocycles. The highest BCUT2D eigenvalue weighted by molar-refractivity contribution is 5.98. The number of carbonyl (C=O) groups is 6. The number of ether oxygens (including phenoxy) is 6. The molecule has 0 atom stereocenters. The Balaban J connectivity index is 0.000000311. The van der Waals surface area contributed by atoms with Gasteiger partial charge in [-0.25, -0.2) is 41.9 Å². The molecule has 6 aromatic carbocycles. The molecule has 6 amide bonds. The molecule has 0 aliphatic rings. The van der Waals surface area contributed by atoms with Crippen LogP contribution in [0.4, 0.5) is 93.1 Å². The van der Waals surface area contributed by atoms with Gasteiger partial charge >= 0.3 is 36.6 Å². The predicted molar refractivity (Wildman–Crippen MR) is 378 cm³/mol. The number of nitrogens with one attached hydrogen (secondary N) is 6. The maximum atomic E-state index is 13.4. The lowest BCUT2D eigenvalue weighted by atomic mass is 10.1. The molecule has 0 saturated carbocycles. The van der Waals surface area contributed by atoms with E-state index in [1.807, 2.05) is 47.6 Å². The molecule has 0 spiro atoms. The van der Waals surface area contributed by atoms with Gasteiger partial charge in [0.25, 0.3) is 0 Å². The van der Waals surface area contributed by atoms with E-state index in [-0.39, 0.29) is 29.7 Å². The number of methoxy groups -OCH3 is 2. The Hall–Kier alpha value is -10.7. The van der Waals surface area contributed by atoms with Gasteiger partial charge in [0.2, 0.25) is 0 Å². The number of nitrogens with zero attached hydrogens (tertiary/aromatic N) is 3. The van der Waals surface area contributed by atoms with Crippen LogP contribution in [0.3, 0.4) is 0 Å². The van der Waals surface area contributed by atoms with Gasteiger partial charge in [-0.15, -0.1) is 0 Å². The monoisotopic (exact) mass is 1340 g/mol. The van der Waals surface area contributed by atoms with Crippen LogP contribution < -0.4 is 46.6 Å². The predicted octanol–water partition coefficient (Wildman–Crippen LogP) is 18.2. The van der Waals surface area contributed by atoms with Gasteiger partial charge in [-0.3, -0.25) is 31.9 Å². The van der Waals surface area contributed by atoms with Gasteiger partial charge in [-0.1, -0.05) is 72.9 Å². The standard InChI is InChI=1S/C27H36FN3O4.C25H32FN3O4.C21H24FN3O4/c1-18(2)16-31(17-19-9-11-20(28)12-10-19)21-13-14-22(29-24(32)34-26(3,4)5)23(15-21)30-25(33)35-27(6,7)8;1-16(2)14-29(15-19-7-9-20(26)10-8-19)21-11-12-22(27-24(30)32-17(3)4)23(13-21)28-25(31)33-18(5)6;1-14(2)12-25(13-15-5-7-16(22)8-6-15)17-9-10-18(23-20(26)28-3)19(11-17)24-21(27)29-4/h9-15H,1,16-17H2,2-8H3,(H,29,32)(H,30,33);7-13,17-18H,1,14-15H2,2-6H3,(H,27,30)(H,28,31);5-11H,1,12-13H2,2-4H3,(H,23,26)(H,24,27). The summed E-state index contributed by atoms with van der Waals surface area (Å²) in [6, 6.07) is 34.4. The van der Waals surface area contributed by atoms with Crippen LogP contribution in [0, 0.1) is 17.5 Å². The van der Waals surface area contributed by atoms with E-state index in [0.717, 1.165) is 50.5 Å². The second kappa shape index (κ2) is 37.4. The fraction of sp³-hybridized carbons (Fsp3) is 0.342. The molecular formula is C73H92F3N9O12. The Labute approximate surface area is 567 Å². The summed E-state index contributed by atoms with van der Waals surface area (Å²) in [5.74, 6) is -0.909. The fourth-order valence-corrected chi connectivity index (χ4v) is 8.80. The summed E-state index contributed by atoms with van der Waals surface area (Å²) in [5, 5.41) is 15.9. The summed E-state index contributed by atoms with van der Waals surface area (Å²) >= 11 is 0. The van der Waals surface area contributed by atoms with E-state index >= 15 is 0 Å². The largest absolute Gasteiger partial charge is 0.453 e. The number of hydrogen-bond donors (Lipinski definition) is 6. The third-order valence-corrected chi connectivity index (χ3v) is 12.6. The number of amides is 6. The van der Waals surface area contributed by atoms with Crippen molar-refractivity contribution >= 4 is 87.7 Å².